The Bertz CT molecular complexity index is 1050. The fourth-order valence-corrected chi connectivity index (χ4v) is 3.21. The topological polar surface area (TPSA) is 81.6 Å². The van der Waals surface area contributed by atoms with Crippen LogP contribution >= 0.6 is 11.3 Å². The molecule has 0 saturated carbocycles. The highest BCUT2D eigenvalue weighted by Gasteiger charge is 2.26. The van der Waals surface area contributed by atoms with Gasteiger partial charge in [0.2, 0.25) is 0 Å². The average Bonchev–Trinajstić information content (AvgIpc) is 3.33. The number of aldehydes is 2. The monoisotopic (exact) mass is 441 g/mol. The fraction of sp³-hybridized carbons (Fsp3) is 0. The summed E-state index contributed by atoms with van der Waals surface area (Å²) in [6.45, 7) is 0. The van der Waals surface area contributed by atoms with E-state index in [0.29, 0.717) is 23.5 Å². The molecule has 0 amide bonds. The van der Waals surface area contributed by atoms with Crippen molar-refractivity contribution in [3.8, 4) is 22.2 Å². The molecule has 0 atom stereocenters. The Kier molecular flexibility index (Phi) is 5.63. The smallest absolute Gasteiger partial charge is 0.340 e. The largest absolute Gasteiger partial charge is 1.00 e. The quantitative estimate of drug-likeness (QED) is 0.302. The lowest BCUT2D eigenvalue weighted by molar-refractivity contribution is -0.734. The summed E-state index contributed by atoms with van der Waals surface area (Å²) in [5.74, 6) is 0.505. The number of para-hydroxylation sites is 1. The van der Waals surface area contributed by atoms with E-state index in [9.17, 15) is 9.59 Å². The van der Waals surface area contributed by atoms with Crippen molar-refractivity contribution in [2.75, 3.05) is 0 Å². The van der Waals surface area contributed by atoms with Gasteiger partial charge in [0.05, 0.1) is 15.5 Å². The van der Waals surface area contributed by atoms with Gasteiger partial charge in [-0.1, -0.05) is 47.7 Å². The minimum atomic E-state index is 0. The van der Waals surface area contributed by atoms with E-state index >= 15 is 0 Å². The third-order valence-corrected chi connectivity index (χ3v) is 4.60. The Morgan fingerprint density at radius 1 is 0.926 bits per heavy atom. The highest BCUT2D eigenvalue weighted by atomic mass is 79.9. The summed E-state index contributed by atoms with van der Waals surface area (Å²) in [6, 6.07) is 19.0. The zero-order valence-corrected chi connectivity index (χ0v) is 16.2. The molecular formula is C18H12BrN5O2S. The first kappa shape index (κ1) is 18.7. The normalized spacial score (nSPS) is 10.2. The van der Waals surface area contributed by atoms with Crippen molar-refractivity contribution in [2.24, 2.45) is 0 Å². The van der Waals surface area contributed by atoms with E-state index in [1.807, 2.05) is 60.7 Å². The molecule has 2 aromatic heterocycles. The predicted octanol–water partition coefficient (Wildman–Crippen LogP) is -0.703. The van der Waals surface area contributed by atoms with E-state index < -0.39 is 0 Å². The zero-order valence-electron chi connectivity index (χ0n) is 13.8. The molecule has 0 fully saturated rings. The minimum Gasteiger partial charge on any atom is -1.00 e. The molecule has 4 aromatic rings. The predicted molar refractivity (Wildman–Crippen MR) is 94.8 cm³/mol. The summed E-state index contributed by atoms with van der Waals surface area (Å²) in [5, 5.41) is 9.49. The number of benzene rings is 2. The molecule has 134 valence electrons. The summed E-state index contributed by atoms with van der Waals surface area (Å²) in [6.07, 6.45) is 1.18. The zero-order chi connectivity index (χ0) is 17.9. The molecule has 2 heterocycles. The average molecular weight is 442 g/mol. The van der Waals surface area contributed by atoms with E-state index in [-0.39, 0.29) is 27.6 Å². The second-order valence-corrected chi connectivity index (χ2v) is 6.29. The van der Waals surface area contributed by atoms with Crippen LogP contribution in [0.1, 0.15) is 20.2 Å². The summed E-state index contributed by atoms with van der Waals surface area (Å²) in [5.41, 5.74) is 1.72. The number of hydrogen-bond donors (Lipinski definition) is 0. The van der Waals surface area contributed by atoms with Crippen LogP contribution in [0.15, 0.2) is 60.7 Å². The molecule has 4 rings (SSSR count). The van der Waals surface area contributed by atoms with Crippen molar-refractivity contribution in [1.82, 2.24) is 20.0 Å². The molecule has 0 unspecified atom stereocenters. The van der Waals surface area contributed by atoms with Crippen molar-refractivity contribution in [1.29, 1.82) is 0 Å². The van der Waals surface area contributed by atoms with Gasteiger partial charge in [0.15, 0.2) is 18.3 Å². The van der Waals surface area contributed by atoms with Gasteiger partial charge in [0.1, 0.15) is 5.69 Å². The molecule has 0 spiro atoms. The van der Waals surface area contributed by atoms with Gasteiger partial charge in [-0.2, -0.15) is 0 Å². The van der Waals surface area contributed by atoms with Crippen LogP contribution in [0, 0.1) is 0 Å². The number of halogens is 1. The Morgan fingerprint density at radius 2 is 1.59 bits per heavy atom. The first-order valence-electron chi connectivity index (χ1n) is 7.72. The van der Waals surface area contributed by atoms with Gasteiger partial charge in [-0.05, 0) is 34.2 Å². The van der Waals surface area contributed by atoms with Gasteiger partial charge < -0.3 is 17.0 Å². The molecule has 0 aliphatic rings. The maximum absolute atomic E-state index is 11.2. The second-order valence-electron chi connectivity index (χ2n) is 5.29. The molecule has 27 heavy (non-hydrogen) atoms. The number of hydrogen-bond acceptors (Lipinski definition) is 6. The van der Waals surface area contributed by atoms with E-state index in [0.717, 1.165) is 22.6 Å². The van der Waals surface area contributed by atoms with Crippen LogP contribution in [-0.4, -0.2) is 32.6 Å². The maximum Gasteiger partial charge on any atom is 0.340 e. The van der Waals surface area contributed by atoms with Gasteiger partial charge in [0, 0.05) is 4.80 Å². The number of thiazole rings is 1. The van der Waals surface area contributed by atoms with Gasteiger partial charge >= 0.3 is 5.82 Å². The van der Waals surface area contributed by atoms with E-state index in [1.54, 1.807) is 4.80 Å². The Labute approximate surface area is 168 Å². The van der Waals surface area contributed by atoms with Gasteiger partial charge in [-0.25, -0.2) is 4.98 Å². The van der Waals surface area contributed by atoms with Crippen LogP contribution < -0.4 is 21.8 Å². The molecule has 0 aliphatic carbocycles. The van der Waals surface area contributed by atoms with Crippen molar-refractivity contribution >= 4 is 23.9 Å². The number of nitrogens with zero attached hydrogens (tertiary/aromatic N) is 5. The molecule has 0 bridgehead atoms. The van der Waals surface area contributed by atoms with Crippen LogP contribution in [-0.2, 0) is 0 Å². The highest BCUT2D eigenvalue weighted by Crippen LogP contribution is 2.20. The standard InChI is InChI=1S/C18H12N5O2S.BrH/c24-11-15-16(12-25)26-18(19-15)23-21-17(13-7-3-1-4-8-13)20-22(23)14-9-5-2-6-10-14;/h1-12H;1H/q+1;/p-1. The molecule has 0 N–H and O–H groups in total. The summed E-state index contributed by atoms with van der Waals surface area (Å²) >= 11 is 1.08. The maximum atomic E-state index is 11.2. The number of carbonyl (C=O) groups excluding carboxylic acids is 2. The van der Waals surface area contributed by atoms with Crippen LogP contribution in [0.25, 0.3) is 22.2 Å². The molecule has 0 saturated heterocycles. The first-order chi connectivity index (χ1) is 12.8. The van der Waals surface area contributed by atoms with Gasteiger partial charge in [-0.3, -0.25) is 9.59 Å². The van der Waals surface area contributed by atoms with Crippen molar-refractivity contribution < 1.29 is 31.4 Å². The van der Waals surface area contributed by atoms with E-state index in [2.05, 4.69) is 15.2 Å². The van der Waals surface area contributed by atoms with Crippen LogP contribution in [0.5, 0.6) is 0 Å². The Balaban J connectivity index is 0.00000210. The number of carbonyl (C=O) groups is 2. The van der Waals surface area contributed by atoms with Crippen molar-refractivity contribution in [3.63, 3.8) is 0 Å². The van der Waals surface area contributed by atoms with E-state index in [1.165, 1.54) is 4.80 Å². The third-order valence-electron chi connectivity index (χ3n) is 3.64. The molecule has 0 aliphatic heterocycles. The molecule has 9 heteroatoms. The summed E-state index contributed by atoms with van der Waals surface area (Å²) in [4.78, 5) is 29.9. The summed E-state index contributed by atoms with van der Waals surface area (Å²) < 4.78 is 0. The Hall–Kier alpha value is -3.04. The SMILES string of the molecule is O=Cc1nc(-n2nc(-c3ccccc3)n[n+]2-c2ccccc2)sc1C=O.[Br-]. The van der Waals surface area contributed by atoms with Crippen molar-refractivity contribution in [2.45, 2.75) is 0 Å². The molecule has 7 nitrogen and oxygen atoms in total. The minimum absolute atomic E-state index is 0. The van der Waals surface area contributed by atoms with Crippen LogP contribution in [0.3, 0.4) is 0 Å². The Morgan fingerprint density at radius 3 is 2.19 bits per heavy atom. The van der Waals surface area contributed by atoms with Crippen molar-refractivity contribution in [3.05, 3.63) is 71.2 Å². The summed E-state index contributed by atoms with van der Waals surface area (Å²) in [7, 11) is 0. The number of rotatable bonds is 5. The lowest BCUT2D eigenvalue weighted by Crippen LogP contribution is -3.00. The van der Waals surface area contributed by atoms with Crippen LogP contribution in [0.2, 0.25) is 0 Å². The molecule has 0 radical (unpaired) electrons. The third kappa shape index (κ3) is 3.60. The highest BCUT2D eigenvalue weighted by molar-refractivity contribution is 7.15. The number of aromatic nitrogens is 5. The lowest BCUT2D eigenvalue weighted by atomic mass is 10.2. The van der Waals surface area contributed by atoms with E-state index in [4.69, 9.17) is 0 Å². The number of tetrazole rings is 1. The molecular weight excluding hydrogens is 430 g/mol. The van der Waals surface area contributed by atoms with Gasteiger partial charge in [-0.15, -0.1) is 0 Å². The fourth-order valence-electron chi connectivity index (χ4n) is 2.43. The van der Waals surface area contributed by atoms with Gasteiger partial charge in [0.25, 0.3) is 5.13 Å². The second kappa shape index (κ2) is 8.11. The molecule has 2 aromatic carbocycles. The lowest BCUT2D eigenvalue weighted by Gasteiger charge is -1.95. The first-order valence-corrected chi connectivity index (χ1v) is 8.54. The van der Waals surface area contributed by atoms with Crippen LogP contribution in [0.4, 0.5) is 0 Å².